The molecule has 1 aliphatic rings. The topological polar surface area (TPSA) is 46.3 Å². The highest BCUT2D eigenvalue weighted by molar-refractivity contribution is 6.17. The van der Waals surface area contributed by atoms with Crippen LogP contribution >= 0.6 is 11.6 Å². The van der Waals surface area contributed by atoms with Gasteiger partial charge in [-0.05, 0) is 32.6 Å². The number of hydrogen-bond donors (Lipinski definition) is 0. The molecule has 0 spiro atoms. The number of halogens is 1. The van der Waals surface area contributed by atoms with Crippen molar-refractivity contribution in [2.75, 3.05) is 12.4 Å². The third kappa shape index (κ3) is 2.63. The van der Waals surface area contributed by atoms with Crippen LogP contribution in [0.1, 0.15) is 41.8 Å². The zero-order valence-electron chi connectivity index (χ0n) is 9.99. The van der Waals surface area contributed by atoms with Crippen molar-refractivity contribution >= 4 is 17.5 Å². The van der Waals surface area contributed by atoms with Crippen molar-refractivity contribution in [3.63, 3.8) is 0 Å². The molecule has 1 aromatic rings. The number of nitrogens with zero attached hydrogens (tertiary/aromatic N) is 2. The van der Waals surface area contributed by atoms with E-state index in [9.17, 15) is 4.79 Å². The Kier molecular flexibility index (Phi) is 4.05. The summed E-state index contributed by atoms with van der Waals surface area (Å²) in [6.07, 6.45) is 5.73. The van der Waals surface area contributed by atoms with Gasteiger partial charge in [0.2, 0.25) is 0 Å². The molecule has 1 amide bonds. The van der Waals surface area contributed by atoms with Gasteiger partial charge < -0.3 is 9.42 Å². The van der Waals surface area contributed by atoms with E-state index in [0.717, 1.165) is 25.8 Å². The summed E-state index contributed by atoms with van der Waals surface area (Å²) in [5, 5.41) is 3.66. The van der Waals surface area contributed by atoms with Crippen LogP contribution in [0.25, 0.3) is 0 Å². The fraction of sp³-hybridized carbons (Fsp3) is 0.667. The molecule has 1 heterocycles. The normalized spacial score (nSPS) is 15.6. The van der Waals surface area contributed by atoms with Gasteiger partial charge in [-0.15, -0.1) is 11.6 Å². The van der Waals surface area contributed by atoms with Crippen LogP contribution in [0.5, 0.6) is 0 Å². The number of carbonyl (C=O) groups is 1. The predicted molar refractivity (Wildman–Crippen MR) is 65.3 cm³/mol. The van der Waals surface area contributed by atoms with Crippen molar-refractivity contribution in [1.29, 1.82) is 0 Å². The van der Waals surface area contributed by atoms with Crippen molar-refractivity contribution < 1.29 is 9.32 Å². The third-order valence-electron chi connectivity index (χ3n) is 3.29. The standard InChI is InChI=1S/C12H17ClN2O2/c1-9-11(8-14-17-9)12(16)15(7-3-6-13)10-4-2-5-10/h8,10H,2-7H2,1H3. The molecule has 2 rings (SSSR count). The highest BCUT2D eigenvalue weighted by Crippen LogP contribution is 2.27. The van der Waals surface area contributed by atoms with E-state index in [-0.39, 0.29) is 5.91 Å². The summed E-state index contributed by atoms with van der Waals surface area (Å²) in [6, 6.07) is 0.375. The highest BCUT2D eigenvalue weighted by Gasteiger charge is 2.30. The summed E-state index contributed by atoms with van der Waals surface area (Å²) in [6.45, 7) is 2.48. The Morgan fingerprint density at radius 3 is 2.88 bits per heavy atom. The van der Waals surface area contributed by atoms with Crippen molar-refractivity contribution in [3.05, 3.63) is 17.5 Å². The van der Waals surface area contributed by atoms with Gasteiger partial charge in [0.1, 0.15) is 11.3 Å². The Hall–Kier alpha value is -1.03. The van der Waals surface area contributed by atoms with Crippen LogP contribution in [0.2, 0.25) is 0 Å². The van der Waals surface area contributed by atoms with Gasteiger partial charge in [0.25, 0.3) is 5.91 Å². The molecule has 5 heteroatoms. The summed E-state index contributed by atoms with van der Waals surface area (Å²) in [5.74, 6) is 1.20. The lowest BCUT2D eigenvalue weighted by molar-refractivity contribution is 0.0579. The third-order valence-corrected chi connectivity index (χ3v) is 3.56. The van der Waals surface area contributed by atoms with Gasteiger partial charge in [-0.3, -0.25) is 4.79 Å². The van der Waals surface area contributed by atoms with Crippen LogP contribution in [-0.4, -0.2) is 34.4 Å². The highest BCUT2D eigenvalue weighted by atomic mass is 35.5. The van der Waals surface area contributed by atoms with E-state index in [1.165, 1.54) is 12.6 Å². The van der Waals surface area contributed by atoms with Gasteiger partial charge in [-0.1, -0.05) is 5.16 Å². The van der Waals surface area contributed by atoms with Crippen LogP contribution in [-0.2, 0) is 0 Å². The van der Waals surface area contributed by atoms with Crippen LogP contribution in [0.3, 0.4) is 0 Å². The second kappa shape index (κ2) is 5.54. The summed E-state index contributed by atoms with van der Waals surface area (Å²) in [5.41, 5.74) is 0.575. The van der Waals surface area contributed by atoms with E-state index < -0.39 is 0 Å². The number of alkyl halides is 1. The molecule has 0 aromatic carbocycles. The van der Waals surface area contributed by atoms with Crippen LogP contribution in [0, 0.1) is 6.92 Å². The molecular weight excluding hydrogens is 240 g/mol. The van der Waals surface area contributed by atoms with E-state index in [1.807, 2.05) is 4.90 Å². The zero-order chi connectivity index (χ0) is 12.3. The van der Waals surface area contributed by atoms with E-state index in [0.29, 0.717) is 23.2 Å². The first kappa shape index (κ1) is 12.4. The lowest BCUT2D eigenvalue weighted by Gasteiger charge is -2.37. The van der Waals surface area contributed by atoms with Crippen molar-refractivity contribution in [3.8, 4) is 0 Å². The minimum absolute atomic E-state index is 0.0265. The van der Waals surface area contributed by atoms with E-state index in [4.69, 9.17) is 16.1 Å². The molecule has 1 aromatic heterocycles. The molecule has 1 aliphatic carbocycles. The number of aryl methyl sites for hydroxylation is 1. The predicted octanol–water partition coefficient (Wildman–Crippen LogP) is 2.61. The quantitative estimate of drug-likeness (QED) is 0.761. The van der Waals surface area contributed by atoms with Gasteiger partial charge in [0.05, 0.1) is 6.20 Å². The molecule has 94 valence electrons. The second-order valence-corrected chi connectivity index (χ2v) is 4.80. The number of amides is 1. The van der Waals surface area contributed by atoms with Gasteiger partial charge in [0.15, 0.2) is 0 Å². The average molecular weight is 257 g/mol. The molecule has 0 atom stereocenters. The number of carbonyl (C=O) groups excluding carboxylic acids is 1. The van der Waals surface area contributed by atoms with Gasteiger partial charge >= 0.3 is 0 Å². The van der Waals surface area contributed by atoms with Gasteiger partial charge in [0, 0.05) is 18.5 Å². The van der Waals surface area contributed by atoms with Crippen LogP contribution in [0.4, 0.5) is 0 Å². The lowest BCUT2D eigenvalue weighted by Crippen LogP contribution is -2.44. The maximum absolute atomic E-state index is 12.3. The fourth-order valence-corrected chi connectivity index (χ4v) is 2.16. The molecule has 17 heavy (non-hydrogen) atoms. The first-order valence-electron chi connectivity index (χ1n) is 6.02. The van der Waals surface area contributed by atoms with Crippen LogP contribution in [0.15, 0.2) is 10.7 Å². The van der Waals surface area contributed by atoms with E-state index in [1.54, 1.807) is 6.92 Å². The Morgan fingerprint density at radius 2 is 2.41 bits per heavy atom. The number of rotatable bonds is 5. The maximum Gasteiger partial charge on any atom is 0.259 e. The van der Waals surface area contributed by atoms with E-state index >= 15 is 0 Å². The molecule has 0 unspecified atom stereocenters. The zero-order valence-corrected chi connectivity index (χ0v) is 10.7. The molecule has 0 aliphatic heterocycles. The molecule has 4 nitrogen and oxygen atoms in total. The summed E-state index contributed by atoms with van der Waals surface area (Å²) in [7, 11) is 0. The van der Waals surface area contributed by atoms with Crippen LogP contribution < -0.4 is 0 Å². The van der Waals surface area contributed by atoms with E-state index in [2.05, 4.69) is 5.16 Å². The summed E-state index contributed by atoms with van der Waals surface area (Å²) in [4.78, 5) is 14.3. The van der Waals surface area contributed by atoms with Crippen molar-refractivity contribution in [1.82, 2.24) is 10.1 Å². The van der Waals surface area contributed by atoms with Gasteiger partial charge in [-0.25, -0.2) is 0 Å². The molecule has 1 saturated carbocycles. The monoisotopic (exact) mass is 256 g/mol. The molecule has 0 N–H and O–H groups in total. The number of aromatic nitrogens is 1. The van der Waals surface area contributed by atoms with Crippen molar-refractivity contribution in [2.45, 2.75) is 38.6 Å². The first-order valence-corrected chi connectivity index (χ1v) is 6.55. The molecule has 1 fully saturated rings. The second-order valence-electron chi connectivity index (χ2n) is 4.42. The fourth-order valence-electron chi connectivity index (χ4n) is 2.04. The summed E-state index contributed by atoms with van der Waals surface area (Å²) < 4.78 is 4.95. The Bertz CT molecular complexity index is 388. The molecule has 0 bridgehead atoms. The SMILES string of the molecule is Cc1oncc1C(=O)N(CCCCl)C1CCC1. The lowest BCUT2D eigenvalue weighted by atomic mass is 9.91. The summed E-state index contributed by atoms with van der Waals surface area (Å²) >= 11 is 5.70. The largest absolute Gasteiger partial charge is 0.361 e. The van der Waals surface area contributed by atoms with Gasteiger partial charge in [-0.2, -0.15) is 0 Å². The minimum Gasteiger partial charge on any atom is -0.361 e. The average Bonchev–Trinajstić information content (AvgIpc) is 2.67. The molecular formula is C12H17ClN2O2. The number of hydrogen-bond acceptors (Lipinski definition) is 3. The maximum atomic E-state index is 12.3. The van der Waals surface area contributed by atoms with Crippen molar-refractivity contribution in [2.24, 2.45) is 0 Å². The Morgan fingerprint density at radius 1 is 1.65 bits per heavy atom. The molecule has 0 radical (unpaired) electrons. The molecule has 0 saturated heterocycles. The Labute approximate surface area is 106 Å². The minimum atomic E-state index is 0.0265. The smallest absolute Gasteiger partial charge is 0.259 e. The Balaban J connectivity index is 2.09. The first-order chi connectivity index (χ1) is 8.24.